The van der Waals surface area contributed by atoms with E-state index in [4.69, 9.17) is 0 Å². The summed E-state index contributed by atoms with van der Waals surface area (Å²) in [5, 5.41) is 0. The molecule has 0 N–H and O–H groups in total. The van der Waals surface area contributed by atoms with E-state index in [1.54, 1.807) is 12.1 Å². The molecule has 76 valence electrons. The first kappa shape index (κ1) is 8.65. The van der Waals surface area contributed by atoms with Gasteiger partial charge in [0, 0.05) is 17.3 Å². The molecule has 1 fully saturated rings. The molecule has 1 aromatic rings. The van der Waals surface area contributed by atoms with Crippen LogP contribution in [0, 0.1) is 0 Å². The molecule has 1 aliphatic heterocycles. The fourth-order valence-corrected chi connectivity index (χ4v) is 2.09. The van der Waals surface area contributed by atoms with E-state index in [1.807, 2.05) is 12.1 Å². The molecular formula is C12H11NO2. The van der Waals surface area contributed by atoms with Crippen LogP contribution in [0.25, 0.3) is 0 Å². The summed E-state index contributed by atoms with van der Waals surface area (Å²) in [6.07, 6.45) is 2.27. The summed E-state index contributed by atoms with van der Waals surface area (Å²) in [5.41, 5.74) is 1.50. The third kappa shape index (κ3) is 1.27. The van der Waals surface area contributed by atoms with Crippen LogP contribution in [0.15, 0.2) is 24.3 Å². The van der Waals surface area contributed by atoms with Gasteiger partial charge < -0.3 is 4.90 Å². The first-order chi connectivity index (χ1) is 7.27. The van der Waals surface area contributed by atoms with Crippen molar-refractivity contribution < 1.29 is 9.59 Å². The minimum Gasteiger partial charge on any atom is -0.360 e. The Labute approximate surface area is 87.7 Å². The van der Waals surface area contributed by atoms with Crippen LogP contribution in [-0.2, 0) is 4.79 Å². The number of hydrogen-bond acceptors (Lipinski definition) is 3. The van der Waals surface area contributed by atoms with Gasteiger partial charge in [-0.1, -0.05) is 12.1 Å². The molecule has 1 aliphatic carbocycles. The zero-order valence-electron chi connectivity index (χ0n) is 8.27. The van der Waals surface area contributed by atoms with E-state index in [-0.39, 0.29) is 18.1 Å². The highest BCUT2D eigenvalue weighted by Gasteiger charge is 2.37. The topological polar surface area (TPSA) is 37.4 Å². The van der Waals surface area contributed by atoms with Gasteiger partial charge in [-0.15, -0.1) is 0 Å². The standard InChI is InChI=1S/C12H11NO2/c14-11-7-13(8-5-6-8)10-4-2-1-3-9(10)12(11)15/h1-4,8H,5-7H2. The van der Waals surface area contributed by atoms with Crippen LogP contribution in [0.2, 0.25) is 0 Å². The predicted octanol–water partition coefficient (Wildman–Crippen LogP) is 1.42. The first-order valence-electron chi connectivity index (χ1n) is 5.20. The Balaban J connectivity index is 2.12. The van der Waals surface area contributed by atoms with Gasteiger partial charge in [0.2, 0.25) is 11.6 Å². The Morgan fingerprint density at radius 1 is 1.13 bits per heavy atom. The zero-order valence-corrected chi connectivity index (χ0v) is 8.27. The number of anilines is 1. The number of para-hydroxylation sites is 1. The van der Waals surface area contributed by atoms with Crippen molar-refractivity contribution in [3.8, 4) is 0 Å². The lowest BCUT2D eigenvalue weighted by atomic mass is 9.99. The monoisotopic (exact) mass is 201 g/mol. The van der Waals surface area contributed by atoms with Crippen molar-refractivity contribution in [1.29, 1.82) is 0 Å². The van der Waals surface area contributed by atoms with Crippen molar-refractivity contribution in [2.75, 3.05) is 11.4 Å². The number of nitrogens with zero attached hydrogens (tertiary/aromatic N) is 1. The van der Waals surface area contributed by atoms with E-state index < -0.39 is 0 Å². The summed E-state index contributed by atoms with van der Waals surface area (Å²) in [4.78, 5) is 25.2. The molecule has 0 atom stereocenters. The fraction of sp³-hybridized carbons (Fsp3) is 0.333. The number of fused-ring (bicyclic) bond motifs is 1. The molecular weight excluding hydrogens is 190 g/mol. The van der Waals surface area contributed by atoms with E-state index in [1.165, 1.54) is 0 Å². The number of Topliss-reactive ketones (excluding diaryl/α,β-unsaturated/α-hetero) is 2. The van der Waals surface area contributed by atoms with Gasteiger partial charge in [0.1, 0.15) is 0 Å². The summed E-state index contributed by atoms with van der Waals surface area (Å²) < 4.78 is 0. The summed E-state index contributed by atoms with van der Waals surface area (Å²) in [5.74, 6) is -0.608. The third-order valence-electron chi connectivity index (χ3n) is 3.01. The maximum Gasteiger partial charge on any atom is 0.232 e. The second-order valence-electron chi connectivity index (χ2n) is 4.13. The number of benzene rings is 1. The van der Waals surface area contributed by atoms with Crippen molar-refractivity contribution in [2.24, 2.45) is 0 Å². The molecule has 0 spiro atoms. The Kier molecular flexibility index (Phi) is 1.69. The van der Waals surface area contributed by atoms with E-state index in [0.717, 1.165) is 18.5 Å². The molecule has 3 heteroatoms. The van der Waals surface area contributed by atoms with Crippen molar-refractivity contribution in [2.45, 2.75) is 18.9 Å². The molecule has 0 radical (unpaired) electrons. The molecule has 0 bridgehead atoms. The highest BCUT2D eigenvalue weighted by molar-refractivity contribution is 6.47. The van der Waals surface area contributed by atoms with Crippen molar-refractivity contribution in [1.82, 2.24) is 0 Å². The molecule has 2 aliphatic rings. The molecule has 0 unspecified atom stereocenters. The molecule has 0 amide bonds. The van der Waals surface area contributed by atoms with Gasteiger partial charge in [-0.3, -0.25) is 9.59 Å². The minimum atomic E-state index is -0.331. The second-order valence-corrected chi connectivity index (χ2v) is 4.13. The number of carbonyl (C=O) groups excluding carboxylic acids is 2. The van der Waals surface area contributed by atoms with Gasteiger partial charge in [0.25, 0.3) is 0 Å². The highest BCUT2D eigenvalue weighted by atomic mass is 16.2. The summed E-state index contributed by atoms with van der Waals surface area (Å²) in [7, 11) is 0. The average Bonchev–Trinajstić information content (AvgIpc) is 3.07. The second kappa shape index (κ2) is 2.92. The van der Waals surface area contributed by atoms with Gasteiger partial charge in [-0.05, 0) is 25.0 Å². The number of rotatable bonds is 1. The Bertz CT molecular complexity index is 449. The molecule has 15 heavy (non-hydrogen) atoms. The van der Waals surface area contributed by atoms with Gasteiger partial charge in [-0.25, -0.2) is 0 Å². The molecule has 3 nitrogen and oxygen atoms in total. The van der Waals surface area contributed by atoms with Crippen LogP contribution >= 0.6 is 0 Å². The summed E-state index contributed by atoms with van der Waals surface area (Å²) >= 11 is 0. The van der Waals surface area contributed by atoms with Crippen LogP contribution < -0.4 is 4.90 Å². The molecule has 1 saturated carbocycles. The van der Waals surface area contributed by atoms with Crippen LogP contribution in [0.1, 0.15) is 23.2 Å². The SMILES string of the molecule is O=C1CN(C2CC2)c2ccccc2C1=O. The van der Waals surface area contributed by atoms with Crippen LogP contribution in [-0.4, -0.2) is 24.2 Å². The highest BCUT2D eigenvalue weighted by Crippen LogP contribution is 2.35. The average molecular weight is 201 g/mol. The van der Waals surface area contributed by atoms with Gasteiger partial charge >= 0.3 is 0 Å². The number of ketones is 2. The number of carbonyl (C=O) groups is 2. The molecule has 0 saturated heterocycles. The van der Waals surface area contributed by atoms with Crippen LogP contribution in [0.5, 0.6) is 0 Å². The Morgan fingerprint density at radius 3 is 2.60 bits per heavy atom. The van der Waals surface area contributed by atoms with Crippen molar-refractivity contribution in [3.05, 3.63) is 29.8 Å². The van der Waals surface area contributed by atoms with Crippen LogP contribution in [0.4, 0.5) is 5.69 Å². The number of hydrogen-bond donors (Lipinski definition) is 0. The fourth-order valence-electron chi connectivity index (χ4n) is 2.09. The van der Waals surface area contributed by atoms with Gasteiger partial charge in [-0.2, -0.15) is 0 Å². The maximum atomic E-state index is 11.6. The smallest absolute Gasteiger partial charge is 0.232 e. The largest absolute Gasteiger partial charge is 0.360 e. The molecule has 0 aromatic heterocycles. The summed E-state index contributed by atoms with van der Waals surface area (Å²) in [6, 6.07) is 7.86. The molecule has 1 aromatic carbocycles. The van der Waals surface area contributed by atoms with Gasteiger partial charge in [0.15, 0.2) is 0 Å². The molecule has 3 rings (SSSR count). The van der Waals surface area contributed by atoms with E-state index in [0.29, 0.717) is 11.6 Å². The van der Waals surface area contributed by atoms with E-state index in [2.05, 4.69) is 4.90 Å². The van der Waals surface area contributed by atoms with Crippen LogP contribution in [0.3, 0.4) is 0 Å². The van der Waals surface area contributed by atoms with E-state index in [9.17, 15) is 9.59 Å². The summed E-state index contributed by atoms with van der Waals surface area (Å²) in [6.45, 7) is 0.264. The quantitative estimate of drug-likeness (QED) is 0.645. The first-order valence-corrected chi connectivity index (χ1v) is 5.20. The van der Waals surface area contributed by atoms with Crippen molar-refractivity contribution in [3.63, 3.8) is 0 Å². The Morgan fingerprint density at radius 2 is 1.87 bits per heavy atom. The lowest BCUT2D eigenvalue weighted by molar-refractivity contribution is -0.114. The Hall–Kier alpha value is -1.64. The lowest BCUT2D eigenvalue weighted by Crippen LogP contribution is -2.40. The lowest BCUT2D eigenvalue weighted by Gasteiger charge is -2.29. The van der Waals surface area contributed by atoms with Gasteiger partial charge in [0.05, 0.1) is 6.54 Å². The third-order valence-corrected chi connectivity index (χ3v) is 3.01. The maximum absolute atomic E-state index is 11.6. The minimum absolute atomic E-state index is 0.264. The normalized spacial score (nSPS) is 20.4. The zero-order chi connectivity index (χ0) is 10.4. The molecule has 1 heterocycles. The van der Waals surface area contributed by atoms with E-state index >= 15 is 0 Å². The predicted molar refractivity (Wildman–Crippen MR) is 56.1 cm³/mol. The van der Waals surface area contributed by atoms with Crippen molar-refractivity contribution >= 4 is 17.3 Å².